The van der Waals surface area contributed by atoms with Crippen LogP contribution in [0.4, 0.5) is 0 Å². The molecule has 1 saturated carbocycles. The summed E-state index contributed by atoms with van der Waals surface area (Å²) in [6.07, 6.45) is -1.47. The van der Waals surface area contributed by atoms with Crippen LogP contribution >= 0.6 is 12.5 Å². The summed E-state index contributed by atoms with van der Waals surface area (Å²) in [5.41, 5.74) is -1.46. The van der Waals surface area contributed by atoms with Gasteiger partial charge >= 0.3 is 0 Å². The molecule has 0 bridgehead atoms. The lowest BCUT2D eigenvalue weighted by Gasteiger charge is -2.38. The van der Waals surface area contributed by atoms with Crippen LogP contribution in [0.15, 0.2) is 0 Å². The van der Waals surface area contributed by atoms with Crippen molar-refractivity contribution in [1.29, 1.82) is 2.77 Å². The van der Waals surface area contributed by atoms with Gasteiger partial charge in [0.1, 0.15) is 11.7 Å². The van der Waals surface area contributed by atoms with Crippen molar-refractivity contribution in [2.75, 3.05) is 0 Å². The first-order valence-corrected chi connectivity index (χ1v) is 6.48. The number of hydrogen-bond donors (Lipinski definition) is 3. The third-order valence-corrected chi connectivity index (χ3v) is 3.18. The number of thiol groups is 1. The van der Waals surface area contributed by atoms with Crippen molar-refractivity contribution >= 4 is 24.8 Å². The van der Waals surface area contributed by atoms with Crippen LogP contribution in [0.2, 0.25) is 6.82 Å². The van der Waals surface area contributed by atoms with Crippen molar-refractivity contribution in [2.24, 2.45) is 0 Å². The van der Waals surface area contributed by atoms with Crippen LogP contribution < -0.4 is 0 Å². The molecule has 1 aliphatic heterocycles. The summed E-state index contributed by atoms with van der Waals surface area (Å²) in [7, 11) is 0. The monoisotopic (exact) mass is 279 g/mol. The molecule has 2 rings (SSSR count). The van der Waals surface area contributed by atoms with Crippen molar-refractivity contribution in [3.8, 4) is 0 Å². The van der Waals surface area contributed by atoms with E-state index in [1.807, 2.05) is 0 Å². The molecule has 2 N–H and O–H groups in total. The molecule has 2 fully saturated rings. The molecule has 1 aliphatic carbocycles. The molecule has 0 amide bonds. The summed E-state index contributed by atoms with van der Waals surface area (Å²) < 4.78 is 24.3. The van der Waals surface area contributed by atoms with Gasteiger partial charge in [0.25, 0.3) is 0 Å². The fourth-order valence-corrected chi connectivity index (χ4v) is 2.31. The van der Waals surface area contributed by atoms with E-state index >= 15 is 0 Å². The number of ketones is 1. The number of rotatable bonds is 2. The van der Waals surface area contributed by atoms with E-state index in [0.717, 1.165) is 0 Å². The van der Waals surface area contributed by atoms with Crippen molar-refractivity contribution in [2.45, 2.75) is 63.7 Å². The van der Waals surface area contributed by atoms with Gasteiger partial charge in [-0.3, -0.25) is 4.79 Å². The van der Waals surface area contributed by atoms with E-state index < -0.39 is 11.7 Å². The normalized spacial score (nSPS) is 44.1. The molecule has 18 heavy (non-hydrogen) atoms. The van der Waals surface area contributed by atoms with Gasteiger partial charge in [-0.25, -0.2) is 12.5 Å². The Kier molecular flexibility index (Phi) is 4.59. The quantitative estimate of drug-likeness (QED) is 0.486. The van der Waals surface area contributed by atoms with Crippen LogP contribution in [-0.4, -0.2) is 55.5 Å². The Morgan fingerprint density at radius 3 is 2.78 bits per heavy atom. The Labute approximate surface area is 116 Å². The van der Waals surface area contributed by atoms with Crippen molar-refractivity contribution in [3.63, 3.8) is 0 Å². The van der Waals surface area contributed by atoms with Crippen molar-refractivity contribution in [1.82, 2.24) is 0 Å². The Morgan fingerprint density at radius 1 is 1.67 bits per heavy atom. The topological polar surface area (TPSA) is 76.0 Å². The van der Waals surface area contributed by atoms with Crippen LogP contribution in [0.1, 0.15) is 26.7 Å². The lowest BCUT2D eigenvalue weighted by molar-refractivity contribution is -0.153. The number of carbonyl (C=O) groups is 1. The van der Waals surface area contributed by atoms with Crippen LogP contribution in [-0.2, 0) is 14.3 Å². The van der Waals surface area contributed by atoms with Crippen LogP contribution in [0, 0.1) is 0 Å². The van der Waals surface area contributed by atoms with E-state index in [1.54, 1.807) is 13.7 Å². The minimum absolute atomic E-state index is 0.0864. The summed E-state index contributed by atoms with van der Waals surface area (Å²) >= 11 is 3.63. The molecule has 5 atom stereocenters. The summed E-state index contributed by atoms with van der Waals surface area (Å²) in [5, 5.41) is 14.7. The first kappa shape index (κ1) is 12.9. The van der Waals surface area contributed by atoms with Gasteiger partial charge in [-0.2, -0.15) is 0 Å². The molecule has 0 aromatic heterocycles. The maximum Gasteiger partial charge on any atom is 0.211 e. The minimum Gasteiger partial charge on any atom is -0.390 e. The summed E-state index contributed by atoms with van der Waals surface area (Å²) in [5.74, 6) is -0.323. The molecule has 104 valence electrons. The third-order valence-electron chi connectivity index (χ3n) is 3.18. The Hall–Kier alpha value is -0.0751. The molecule has 1 heterocycles. The van der Waals surface area contributed by atoms with Crippen LogP contribution in [0.25, 0.3) is 0 Å². The van der Waals surface area contributed by atoms with Gasteiger partial charge in [-0.1, -0.05) is 6.82 Å². The lowest BCUT2D eigenvalue weighted by Crippen LogP contribution is -2.54. The molecular weight excluding hydrogens is 255 g/mol. The Balaban J connectivity index is 0.000000444. The highest BCUT2D eigenvalue weighted by Gasteiger charge is 2.52. The van der Waals surface area contributed by atoms with Crippen molar-refractivity contribution in [3.05, 3.63) is 0 Å². The number of Topliss-reactive ketones (excluding diaryl/α,β-unsaturated/α-hetero) is 1. The molecule has 0 aromatic rings. The number of ether oxygens (including phenoxy) is 2. The number of aliphatic hydroxyl groups excluding tert-OH is 1. The highest BCUT2D eigenvalue weighted by atomic mass is 32.1. The van der Waals surface area contributed by atoms with Gasteiger partial charge in [-0.05, 0) is 15.2 Å². The van der Waals surface area contributed by atoms with Gasteiger partial charge < -0.3 is 19.7 Å². The lowest BCUT2D eigenvalue weighted by atomic mass is 9.77. The second-order valence-corrected chi connectivity index (χ2v) is 5.15. The van der Waals surface area contributed by atoms with Gasteiger partial charge in [-0.15, -0.1) is 0 Å². The molecule has 0 aromatic carbocycles. The van der Waals surface area contributed by atoms with Crippen LogP contribution in [0.3, 0.4) is 0 Å². The highest BCUT2D eigenvalue weighted by molar-refractivity contribution is 8.06. The third kappa shape index (κ3) is 3.48. The molecule has 7 heteroatoms. The average Bonchev–Trinajstić information content (AvgIpc) is 2.67. The Morgan fingerprint density at radius 2 is 2.28 bits per heavy atom. The van der Waals surface area contributed by atoms with Gasteiger partial charge in [0, 0.05) is 12.8 Å². The van der Waals surface area contributed by atoms with Gasteiger partial charge in [0.15, 0.2) is 18.6 Å². The smallest absolute Gasteiger partial charge is 0.211 e. The largest absolute Gasteiger partial charge is 0.390 e. The SMILES string of the molecule is [2H]B(C)S.[3H]O[C@@H]1C[C@](O)(C(C)=O)C[C@H]2OC(C)O[C@@H]12. The van der Waals surface area contributed by atoms with E-state index in [2.05, 4.69) is 17.6 Å². The predicted octanol–water partition coefficient (Wildman–Crippen LogP) is -0.0930. The molecule has 2 aliphatic rings. The van der Waals surface area contributed by atoms with Gasteiger partial charge in [0.05, 0.1) is 12.2 Å². The number of hydrogen-bond acceptors (Lipinski definition) is 6. The summed E-state index contributed by atoms with van der Waals surface area (Å²) in [4.78, 5) is 11.4. The van der Waals surface area contributed by atoms with E-state index in [9.17, 15) is 9.90 Å². The van der Waals surface area contributed by atoms with E-state index in [1.165, 1.54) is 6.92 Å². The number of carbonyl (C=O) groups excluding carboxylic acids is 1. The van der Waals surface area contributed by atoms with E-state index in [-0.39, 0.29) is 43.6 Å². The maximum atomic E-state index is 11.4. The second kappa shape index (κ2) is 6.39. The maximum absolute atomic E-state index is 11.4. The predicted molar refractivity (Wildman–Crippen MR) is 72.1 cm³/mol. The molecule has 0 spiro atoms. The molecule has 5 nitrogen and oxygen atoms in total. The second-order valence-electron chi connectivity index (χ2n) is 4.64. The summed E-state index contributed by atoms with van der Waals surface area (Å²) in [6, 6.07) is 0. The first-order chi connectivity index (χ1) is 9.19. The fourth-order valence-electron chi connectivity index (χ4n) is 2.31. The van der Waals surface area contributed by atoms with E-state index in [4.69, 9.17) is 12.2 Å². The molecular formula is C11H21BO5S. The van der Waals surface area contributed by atoms with Crippen molar-refractivity contribution < 1.29 is 24.5 Å². The summed E-state index contributed by atoms with van der Waals surface area (Å²) in [6.45, 7) is 4.55. The zero-order chi connectivity index (χ0) is 15.5. The Bertz CT molecular complexity index is 336. The van der Waals surface area contributed by atoms with E-state index in [0.29, 0.717) is 0 Å². The zero-order valence-electron chi connectivity index (χ0n) is 12.8. The first-order valence-electron chi connectivity index (χ1n) is 6.95. The molecule has 1 unspecified atom stereocenters. The minimum atomic E-state index is -1.46. The van der Waals surface area contributed by atoms with Gasteiger partial charge in [0.2, 0.25) is 1.43 Å². The fraction of sp³-hybridized carbons (Fsp3) is 0.909. The molecule has 0 radical (unpaired) electrons. The standard InChI is InChI=1S/C10H16O5.CH5BS/c1-5(11)10(13)3-7(12)9-8(4-10)14-6(2)15-9;1-2-3/h6-9,12-13H,3-4H2,1-2H3;2-3H,1H3/t6?,7-,8-,9+,10-;/m1./s1/i12T;2D. The average molecular weight is 279 g/mol. The number of aliphatic hydroxyl groups is 2. The highest BCUT2D eigenvalue weighted by Crippen LogP contribution is 2.37. The molecule has 1 saturated heterocycles. The zero-order valence-corrected chi connectivity index (χ0v) is 11.7. The number of fused-ring (bicyclic) bond motifs is 1. The van der Waals surface area contributed by atoms with Crippen LogP contribution in [0.5, 0.6) is 0 Å².